The number of methoxy groups -OCH3 is 2. The quantitative estimate of drug-likeness (QED) is 0.879. The molecule has 0 aliphatic heterocycles. The van der Waals surface area contributed by atoms with Crippen LogP contribution in [0.2, 0.25) is 0 Å². The molecule has 0 saturated heterocycles. The van der Waals surface area contributed by atoms with Gasteiger partial charge in [0, 0.05) is 17.0 Å². The molecule has 1 aromatic carbocycles. The van der Waals surface area contributed by atoms with Gasteiger partial charge in [-0.3, -0.25) is 4.79 Å². The first-order valence-corrected chi connectivity index (χ1v) is 5.45. The smallest absolute Gasteiger partial charge is 0.304 e. The number of halogens is 1. The van der Waals surface area contributed by atoms with E-state index in [1.807, 2.05) is 0 Å². The Kier molecular flexibility index (Phi) is 4.16. The SMILES string of the molecule is COc1cc(OC)c(F)c(C(C)(C)CC(=O)O)c1. The predicted octanol–water partition coefficient (Wildman–Crippen LogP) is 2.60. The van der Waals surface area contributed by atoms with E-state index < -0.39 is 17.2 Å². The molecule has 18 heavy (non-hydrogen) atoms. The van der Waals surface area contributed by atoms with Gasteiger partial charge >= 0.3 is 5.97 Å². The second-order valence-electron chi connectivity index (χ2n) is 4.65. The fraction of sp³-hybridized carbons (Fsp3) is 0.462. The largest absolute Gasteiger partial charge is 0.497 e. The van der Waals surface area contributed by atoms with Crippen molar-refractivity contribution in [3.8, 4) is 11.5 Å². The Morgan fingerprint density at radius 2 is 1.94 bits per heavy atom. The van der Waals surface area contributed by atoms with Crippen LogP contribution in [0.5, 0.6) is 11.5 Å². The van der Waals surface area contributed by atoms with Crippen molar-refractivity contribution >= 4 is 5.97 Å². The highest BCUT2D eigenvalue weighted by molar-refractivity contribution is 5.69. The summed E-state index contributed by atoms with van der Waals surface area (Å²) in [7, 11) is 2.81. The van der Waals surface area contributed by atoms with Gasteiger partial charge in [-0.2, -0.15) is 0 Å². The average molecular weight is 256 g/mol. The third-order valence-corrected chi connectivity index (χ3v) is 2.79. The molecule has 0 saturated carbocycles. The standard InChI is InChI=1S/C13H17FO4/c1-13(2,7-11(15)16)9-5-8(17-3)6-10(18-4)12(9)14/h5-6H,7H2,1-4H3,(H,15,16). The second kappa shape index (κ2) is 5.25. The maximum atomic E-state index is 14.2. The van der Waals surface area contributed by atoms with Crippen LogP contribution in [0.15, 0.2) is 12.1 Å². The van der Waals surface area contributed by atoms with Crippen molar-refractivity contribution in [3.63, 3.8) is 0 Å². The Bertz CT molecular complexity index is 455. The van der Waals surface area contributed by atoms with Crippen molar-refractivity contribution in [3.05, 3.63) is 23.5 Å². The summed E-state index contributed by atoms with van der Waals surface area (Å²) in [6.07, 6.45) is -0.180. The van der Waals surface area contributed by atoms with Crippen molar-refractivity contribution in [2.45, 2.75) is 25.7 Å². The highest BCUT2D eigenvalue weighted by Gasteiger charge is 2.29. The van der Waals surface area contributed by atoms with E-state index in [9.17, 15) is 9.18 Å². The summed E-state index contributed by atoms with van der Waals surface area (Å²) in [5, 5.41) is 8.87. The molecule has 1 N–H and O–H groups in total. The summed E-state index contributed by atoms with van der Waals surface area (Å²) in [6.45, 7) is 3.33. The van der Waals surface area contributed by atoms with E-state index in [2.05, 4.69) is 0 Å². The van der Waals surface area contributed by atoms with E-state index in [0.717, 1.165) is 0 Å². The van der Waals surface area contributed by atoms with E-state index in [-0.39, 0.29) is 17.7 Å². The molecule has 0 aliphatic rings. The molecule has 0 unspecified atom stereocenters. The van der Waals surface area contributed by atoms with E-state index in [4.69, 9.17) is 14.6 Å². The monoisotopic (exact) mass is 256 g/mol. The lowest BCUT2D eigenvalue weighted by atomic mass is 9.81. The van der Waals surface area contributed by atoms with Crippen LogP contribution in [0, 0.1) is 5.82 Å². The molecule has 0 spiro atoms. The Hall–Kier alpha value is -1.78. The molecule has 1 aromatic rings. The minimum Gasteiger partial charge on any atom is -0.497 e. The normalized spacial score (nSPS) is 11.2. The van der Waals surface area contributed by atoms with Gasteiger partial charge in [-0.15, -0.1) is 0 Å². The average Bonchev–Trinajstić information content (AvgIpc) is 2.27. The Labute approximate surface area is 105 Å². The summed E-state index contributed by atoms with van der Waals surface area (Å²) >= 11 is 0. The van der Waals surface area contributed by atoms with E-state index in [1.54, 1.807) is 13.8 Å². The highest BCUT2D eigenvalue weighted by atomic mass is 19.1. The van der Waals surface area contributed by atoms with Gasteiger partial charge < -0.3 is 14.6 Å². The molecule has 0 radical (unpaired) electrons. The third-order valence-electron chi connectivity index (χ3n) is 2.79. The lowest BCUT2D eigenvalue weighted by molar-refractivity contribution is -0.138. The van der Waals surface area contributed by atoms with Crippen LogP contribution in [0.3, 0.4) is 0 Å². The summed E-state index contributed by atoms with van der Waals surface area (Å²) in [5.41, 5.74) is -0.585. The molecular weight excluding hydrogens is 239 g/mol. The van der Waals surface area contributed by atoms with Crippen molar-refractivity contribution in [2.24, 2.45) is 0 Å². The van der Waals surface area contributed by atoms with Gasteiger partial charge in [0.1, 0.15) is 5.75 Å². The molecule has 0 atom stereocenters. The Morgan fingerprint density at radius 1 is 1.33 bits per heavy atom. The fourth-order valence-electron chi connectivity index (χ4n) is 1.80. The zero-order valence-electron chi connectivity index (χ0n) is 10.9. The Balaban J connectivity index is 3.33. The van der Waals surface area contributed by atoms with Crippen molar-refractivity contribution < 1.29 is 23.8 Å². The first-order valence-electron chi connectivity index (χ1n) is 5.45. The van der Waals surface area contributed by atoms with Gasteiger partial charge in [0.15, 0.2) is 11.6 Å². The molecule has 0 aromatic heterocycles. The molecule has 0 aliphatic carbocycles. The van der Waals surface area contributed by atoms with Gasteiger partial charge in [-0.25, -0.2) is 4.39 Å². The van der Waals surface area contributed by atoms with E-state index in [0.29, 0.717) is 5.75 Å². The number of ether oxygens (including phenoxy) is 2. The van der Waals surface area contributed by atoms with Gasteiger partial charge in [0.05, 0.1) is 20.6 Å². The number of carboxylic acid groups (broad SMARTS) is 1. The molecule has 1 rings (SSSR count). The molecular formula is C13H17FO4. The van der Waals surface area contributed by atoms with Gasteiger partial charge in [-0.05, 0) is 6.07 Å². The zero-order chi connectivity index (χ0) is 13.9. The van der Waals surface area contributed by atoms with Crippen LogP contribution in [-0.2, 0) is 10.2 Å². The number of benzene rings is 1. The second-order valence-corrected chi connectivity index (χ2v) is 4.65. The van der Waals surface area contributed by atoms with Gasteiger partial charge in [0.25, 0.3) is 0 Å². The Morgan fingerprint density at radius 3 is 2.39 bits per heavy atom. The summed E-state index contributed by atoms with van der Waals surface area (Å²) in [6, 6.07) is 2.93. The van der Waals surface area contributed by atoms with Crippen molar-refractivity contribution in [1.29, 1.82) is 0 Å². The minimum atomic E-state index is -0.985. The highest BCUT2D eigenvalue weighted by Crippen LogP contribution is 2.36. The zero-order valence-corrected chi connectivity index (χ0v) is 10.9. The minimum absolute atomic E-state index is 0.0443. The number of rotatable bonds is 5. The third kappa shape index (κ3) is 2.91. The van der Waals surface area contributed by atoms with Crippen LogP contribution in [0.4, 0.5) is 4.39 Å². The maximum absolute atomic E-state index is 14.2. The maximum Gasteiger partial charge on any atom is 0.304 e. The molecule has 0 heterocycles. The first-order chi connectivity index (χ1) is 8.31. The number of hydrogen-bond acceptors (Lipinski definition) is 3. The topological polar surface area (TPSA) is 55.8 Å². The van der Waals surface area contributed by atoms with Crippen LogP contribution in [0.1, 0.15) is 25.8 Å². The first kappa shape index (κ1) is 14.3. The predicted molar refractivity (Wildman–Crippen MR) is 64.8 cm³/mol. The number of carbonyl (C=O) groups is 1. The molecule has 5 heteroatoms. The van der Waals surface area contributed by atoms with Gasteiger partial charge in [-0.1, -0.05) is 13.8 Å². The van der Waals surface area contributed by atoms with Crippen LogP contribution >= 0.6 is 0 Å². The van der Waals surface area contributed by atoms with Crippen molar-refractivity contribution in [2.75, 3.05) is 14.2 Å². The summed E-state index contributed by atoms with van der Waals surface area (Å²) in [4.78, 5) is 10.8. The molecule has 0 bridgehead atoms. The molecule has 100 valence electrons. The fourth-order valence-corrected chi connectivity index (χ4v) is 1.80. The van der Waals surface area contributed by atoms with Crippen LogP contribution in [-0.4, -0.2) is 25.3 Å². The van der Waals surface area contributed by atoms with E-state index >= 15 is 0 Å². The lowest BCUT2D eigenvalue weighted by Gasteiger charge is -2.25. The molecule has 0 fully saturated rings. The van der Waals surface area contributed by atoms with Crippen LogP contribution < -0.4 is 9.47 Å². The number of hydrogen-bond donors (Lipinski definition) is 1. The molecule has 4 nitrogen and oxygen atoms in total. The van der Waals surface area contributed by atoms with E-state index in [1.165, 1.54) is 26.4 Å². The molecule has 0 amide bonds. The number of aliphatic carboxylic acids is 1. The lowest BCUT2D eigenvalue weighted by Crippen LogP contribution is -2.23. The van der Waals surface area contributed by atoms with Crippen molar-refractivity contribution in [1.82, 2.24) is 0 Å². The summed E-state index contributed by atoms with van der Waals surface area (Å²) in [5.74, 6) is -1.06. The van der Waals surface area contributed by atoms with Crippen LogP contribution in [0.25, 0.3) is 0 Å². The summed E-state index contributed by atoms with van der Waals surface area (Å²) < 4.78 is 24.1. The van der Waals surface area contributed by atoms with Gasteiger partial charge in [0.2, 0.25) is 0 Å². The number of carboxylic acids is 1.